The van der Waals surface area contributed by atoms with Crippen LogP contribution >= 0.6 is 0 Å². The molecule has 0 aliphatic rings. The van der Waals surface area contributed by atoms with Crippen molar-refractivity contribution in [1.29, 1.82) is 0 Å². The van der Waals surface area contributed by atoms with Crippen molar-refractivity contribution in [2.24, 2.45) is 0 Å². The lowest BCUT2D eigenvalue weighted by molar-refractivity contribution is -0.152. The fraction of sp³-hybridized carbons (Fsp3) is 0.158. The zero-order chi connectivity index (χ0) is 16.9. The number of carbonyl (C=O) groups excluding carboxylic acids is 2. The fourth-order valence-corrected chi connectivity index (χ4v) is 2.49. The summed E-state index contributed by atoms with van der Waals surface area (Å²) in [7, 11) is 0. The van der Waals surface area contributed by atoms with E-state index < -0.39 is 12.1 Å². The summed E-state index contributed by atoms with van der Waals surface area (Å²) >= 11 is 0. The standard InChI is InChI=1S/C19H18N2O3/c1-13(19(23)21-15-7-3-2-4-8-15)24-18(22)11-14-12-20-17-10-6-5-9-16(14)17/h2-10,12-13,20H,11H2,1H3,(H,21,23)/t13-/m0/s1. The minimum atomic E-state index is -0.858. The molecule has 1 heterocycles. The lowest BCUT2D eigenvalue weighted by atomic mass is 10.1. The molecule has 1 atom stereocenters. The van der Waals surface area contributed by atoms with Crippen LogP contribution in [0.5, 0.6) is 0 Å². The molecule has 0 saturated heterocycles. The summed E-state index contributed by atoms with van der Waals surface area (Å²) in [6.45, 7) is 1.56. The highest BCUT2D eigenvalue weighted by Crippen LogP contribution is 2.18. The minimum absolute atomic E-state index is 0.118. The smallest absolute Gasteiger partial charge is 0.311 e. The first-order chi connectivity index (χ1) is 11.6. The Hall–Kier alpha value is -3.08. The summed E-state index contributed by atoms with van der Waals surface area (Å²) in [4.78, 5) is 27.3. The van der Waals surface area contributed by atoms with E-state index in [2.05, 4.69) is 10.3 Å². The number of fused-ring (bicyclic) bond motifs is 1. The van der Waals surface area contributed by atoms with Crippen molar-refractivity contribution in [2.75, 3.05) is 5.32 Å². The molecule has 0 radical (unpaired) electrons. The number of hydrogen-bond acceptors (Lipinski definition) is 3. The van der Waals surface area contributed by atoms with Crippen LogP contribution in [0.4, 0.5) is 5.69 Å². The molecule has 122 valence electrons. The molecule has 5 nitrogen and oxygen atoms in total. The highest BCUT2D eigenvalue weighted by atomic mass is 16.5. The van der Waals surface area contributed by atoms with Gasteiger partial charge in [0.1, 0.15) is 0 Å². The van der Waals surface area contributed by atoms with Crippen molar-refractivity contribution in [3.05, 3.63) is 66.4 Å². The first-order valence-corrected chi connectivity index (χ1v) is 7.74. The number of esters is 1. The molecule has 1 aromatic heterocycles. The molecule has 0 unspecified atom stereocenters. The third kappa shape index (κ3) is 3.63. The van der Waals surface area contributed by atoms with E-state index in [9.17, 15) is 9.59 Å². The van der Waals surface area contributed by atoms with Crippen LogP contribution in [-0.2, 0) is 20.7 Å². The number of rotatable bonds is 5. The van der Waals surface area contributed by atoms with E-state index in [1.165, 1.54) is 0 Å². The lowest BCUT2D eigenvalue weighted by Crippen LogP contribution is -2.30. The first kappa shape index (κ1) is 15.8. The topological polar surface area (TPSA) is 71.2 Å². The van der Waals surface area contributed by atoms with E-state index in [1.807, 2.05) is 42.5 Å². The summed E-state index contributed by atoms with van der Waals surface area (Å²) in [6, 6.07) is 16.8. The van der Waals surface area contributed by atoms with E-state index in [-0.39, 0.29) is 12.3 Å². The zero-order valence-electron chi connectivity index (χ0n) is 13.3. The molecule has 0 spiro atoms. The summed E-state index contributed by atoms with van der Waals surface area (Å²) in [5, 5.41) is 3.70. The van der Waals surface area contributed by atoms with Crippen LogP contribution < -0.4 is 5.32 Å². The maximum atomic E-state index is 12.1. The Balaban J connectivity index is 1.59. The third-order valence-corrected chi connectivity index (χ3v) is 3.73. The highest BCUT2D eigenvalue weighted by Gasteiger charge is 2.19. The van der Waals surface area contributed by atoms with Crippen molar-refractivity contribution in [1.82, 2.24) is 4.98 Å². The Morgan fingerprint density at radius 1 is 1.08 bits per heavy atom. The molecule has 3 aromatic rings. The lowest BCUT2D eigenvalue weighted by Gasteiger charge is -2.13. The molecule has 0 bridgehead atoms. The van der Waals surface area contributed by atoms with Crippen LogP contribution in [0.25, 0.3) is 10.9 Å². The van der Waals surface area contributed by atoms with Gasteiger partial charge in [0.25, 0.3) is 5.91 Å². The van der Waals surface area contributed by atoms with Crippen LogP contribution in [0, 0.1) is 0 Å². The quantitative estimate of drug-likeness (QED) is 0.708. The predicted octanol–water partition coefficient (Wildman–Crippen LogP) is 3.28. The second kappa shape index (κ2) is 7.00. The maximum absolute atomic E-state index is 12.1. The first-order valence-electron chi connectivity index (χ1n) is 7.74. The molecule has 2 N–H and O–H groups in total. The molecule has 0 aliphatic carbocycles. The summed E-state index contributed by atoms with van der Waals surface area (Å²) in [5.74, 6) is -0.788. The Kier molecular flexibility index (Phi) is 4.61. The Morgan fingerprint density at radius 3 is 2.58 bits per heavy atom. The number of amides is 1. The van der Waals surface area contributed by atoms with E-state index in [1.54, 1.807) is 25.3 Å². The average molecular weight is 322 g/mol. The van der Waals surface area contributed by atoms with E-state index in [4.69, 9.17) is 4.74 Å². The molecule has 5 heteroatoms. The van der Waals surface area contributed by atoms with Gasteiger partial charge in [0, 0.05) is 22.8 Å². The highest BCUT2D eigenvalue weighted by molar-refractivity contribution is 5.95. The molecular formula is C19H18N2O3. The Morgan fingerprint density at radius 2 is 1.79 bits per heavy atom. The Bertz CT molecular complexity index is 855. The fourth-order valence-electron chi connectivity index (χ4n) is 2.49. The van der Waals surface area contributed by atoms with Gasteiger partial charge >= 0.3 is 5.97 Å². The van der Waals surface area contributed by atoms with Crippen LogP contribution in [0.3, 0.4) is 0 Å². The van der Waals surface area contributed by atoms with Crippen molar-refractivity contribution >= 4 is 28.5 Å². The number of nitrogens with one attached hydrogen (secondary N) is 2. The van der Waals surface area contributed by atoms with Gasteiger partial charge in [0.2, 0.25) is 0 Å². The number of ether oxygens (including phenoxy) is 1. The molecule has 1 amide bonds. The van der Waals surface area contributed by atoms with Gasteiger partial charge in [0.15, 0.2) is 6.10 Å². The second-order valence-electron chi connectivity index (χ2n) is 5.52. The van der Waals surface area contributed by atoms with Gasteiger partial charge in [-0.1, -0.05) is 36.4 Å². The minimum Gasteiger partial charge on any atom is -0.452 e. The van der Waals surface area contributed by atoms with Gasteiger partial charge in [-0.05, 0) is 30.7 Å². The van der Waals surface area contributed by atoms with Gasteiger partial charge < -0.3 is 15.0 Å². The molecule has 0 saturated carbocycles. The maximum Gasteiger partial charge on any atom is 0.311 e. The van der Waals surface area contributed by atoms with Crippen molar-refractivity contribution in [3.8, 4) is 0 Å². The average Bonchev–Trinajstić information content (AvgIpc) is 2.99. The van der Waals surface area contributed by atoms with Crippen LogP contribution in [0.15, 0.2) is 60.8 Å². The number of anilines is 1. The summed E-state index contributed by atoms with van der Waals surface area (Å²) in [6.07, 6.45) is 1.05. The van der Waals surface area contributed by atoms with E-state index in [0.717, 1.165) is 16.5 Å². The largest absolute Gasteiger partial charge is 0.452 e. The number of para-hydroxylation sites is 2. The van der Waals surface area contributed by atoms with Crippen LogP contribution in [0.2, 0.25) is 0 Å². The molecular weight excluding hydrogens is 304 g/mol. The molecule has 0 fully saturated rings. The van der Waals surface area contributed by atoms with Gasteiger partial charge in [-0.15, -0.1) is 0 Å². The summed E-state index contributed by atoms with van der Waals surface area (Å²) in [5.41, 5.74) is 2.49. The number of carbonyl (C=O) groups is 2. The van der Waals surface area contributed by atoms with E-state index in [0.29, 0.717) is 5.69 Å². The number of hydrogen-bond donors (Lipinski definition) is 2. The zero-order valence-corrected chi connectivity index (χ0v) is 13.3. The number of benzene rings is 2. The monoisotopic (exact) mass is 322 g/mol. The van der Waals surface area contributed by atoms with E-state index >= 15 is 0 Å². The molecule has 3 rings (SSSR count). The Labute approximate surface area is 139 Å². The van der Waals surface area contributed by atoms with Crippen molar-refractivity contribution in [3.63, 3.8) is 0 Å². The predicted molar refractivity (Wildman–Crippen MR) is 92.6 cm³/mol. The molecule has 24 heavy (non-hydrogen) atoms. The number of aromatic amines is 1. The van der Waals surface area contributed by atoms with Gasteiger partial charge in [-0.3, -0.25) is 9.59 Å². The normalized spacial score (nSPS) is 11.9. The van der Waals surface area contributed by atoms with Crippen LogP contribution in [0.1, 0.15) is 12.5 Å². The van der Waals surface area contributed by atoms with Gasteiger partial charge in [-0.25, -0.2) is 0 Å². The van der Waals surface area contributed by atoms with Gasteiger partial charge in [-0.2, -0.15) is 0 Å². The van der Waals surface area contributed by atoms with Gasteiger partial charge in [0.05, 0.1) is 6.42 Å². The van der Waals surface area contributed by atoms with Crippen molar-refractivity contribution in [2.45, 2.75) is 19.4 Å². The summed E-state index contributed by atoms with van der Waals surface area (Å²) < 4.78 is 5.24. The SMILES string of the molecule is C[C@H](OC(=O)Cc1c[nH]c2ccccc12)C(=O)Nc1ccccc1. The van der Waals surface area contributed by atoms with Crippen molar-refractivity contribution < 1.29 is 14.3 Å². The van der Waals surface area contributed by atoms with Crippen LogP contribution in [-0.4, -0.2) is 23.0 Å². The third-order valence-electron chi connectivity index (χ3n) is 3.73. The number of H-pyrrole nitrogens is 1. The number of aromatic nitrogens is 1. The molecule has 2 aromatic carbocycles. The molecule has 0 aliphatic heterocycles. The second-order valence-corrected chi connectivity index (χ2v) is 5.52.